The number of carboxylic acids is 1. The molecule has 1 aliphatic rings. The van der Waals surface area contributed by atoms with E-state index in [2.05, 4.69) is 5.32 Å². The molecule has 4 nitrogen and oxygen atoms in total. The maximum atomic E-state index is 13.0. The van der Waals surface area contributed by atoms with Crippen LogP contribution >= 0.6 is 0 Å². The van der Waals surface area contributed by atoms with Crippen LogP contribution in [0.25, 0.3) is 0 Å². The molecule has 0 aliphatic heterocycles. The van der Waals surface area contributed by atoms with Gasteiger partial charge in [0.15, 0.2) is 0 Å². The van der Waals surface area contributed by atoms with Crippen LogP contribution in [0.4, 0.5) is 4.39 Å². The highest BCUT2D eigenvalue weighted by molar-refractivity contribution is 5.79. The van der Waals surface area contributed by atoms with E-state index in [1.807, 2.05) is 0 Å². The second-order valence-electron chi connectivity index (χ2n) is 5.26. The van der Waals surface area contributed by atoms with Crippen LogP contribution in [0.2, 0.25) is 0 Å². The molecule has 1 aromatic carbocycles. The Morgan fingerprint density at radius 1 is 1.25 bits per heavy atom. The smallest absolute Gasteiger partial charge is 0.306 e. The van der Waals surface area contributed by atoms with E-state index in [1.165, 1.54) is 12.1 Å². The van der Waals surface area contributed by atoms with Crippen molar-refractivity contribution in [3.63, 3.8) is 0 Å². The predicted molar refractivity (Wildman–Crippen MR) is 71.6 cm³/mol. The lowest BCUT2D eigenvalue weighted by Gasteiger charge is -2.26. The molecule has 2 N–H and O–H groups in total. The van der Waals surface area contributed by atoms with E-state index in [0.717, 1.165) is 0 Å². The summed E-state index contributed by atoms with van der Waals surface area (Å²) in [4.78, 5) is 22.7. The Balaban J connectivity index is 1.80. The molecule has 1 aromatic rings. The van der Waals surface area contributed by atoms with Crippen LogP contribution < -0.4 is 5.32 Å². The van der Waals surface area contributed by atoms with Crippen molar-refractivity contribution in [3.8, 4) is 0 Å². The van der Waals surface area contributed by atoms with Gasteiger partial charge in [-0.3, -0.25) is 9.59 Å². The molecule has 20 heavy (non-hydrogen) atoms. The third-order valence-electron chi connectivity index (χ3n) is 3.70. The van der Waals surface area contributed by atoms with E-state index in [-0.39, 0.29) is 30.1 Å². The van der Waals surface area contributed by atoms with Gasteiger partial charge in [0, 0.05) is 6.04 Å². The van der Waals surface area contributed by atoms with Crippen molar-refractivity contribution in [2.45, 2.75) is 38.1 Å². The van der Waals surface area contributed by atoms with Crippen molar-refractivity contribution < 1.29 is 19.1 Å². The summed E-state index contributed by atoms with van der Waals surface area (Å²) in [6.07, 6.45) is 2.72. The summed E-state index contributed by atoms with van der Waals surface area (Å²) in [6, 6.07) is 6.02. The number of amides is 1. The largest absolute Gasteiger partial charge is 0.481 e. The average molecular weight is 279 g/mol. The number of benzene rings is 1. The first-order valence-corrected chi connectivity index (χ1v) is 6.81. The van der Waals surface area contributed by atoms with Gasteiger partial charge in [0.1, 0.15) is 5.82 Å². The van der Waals surface area contributed by atoms with Crippen molar-refractivity contribution in [2.24, 2.45) is 5.92 Å². The Labute approximate surface area is 117 Å². The summed E-state index contributed by atoms with van der Waals surface area (Å²) in [5, 5.41) is 11.8. The van der Waals surface area contributed by atoms with Crippen molar-refractivity contribution in [3.05, 3.63) is 35.6 Å². The molecule has 108 valence electrons. The lowest BCUT2D eigenvalue weighted by atomic mass is 9.86. The number of aliphatic carboxylic acids is 1. The number of carbonyl (C=O) groups is 2. The van der Waals surface area contributed by atoms with Crippen molar-refractivity contribution in [2.75, 3.05) is 0 Å². The van der Waals surface area contributed by atoms with Crippen LogP contribution in [0.1, 0.15) is 31.2 Å². The zero-order valence-corrected chi connectivity index (χ0v) is 11.1. The van der Waals surface area contributed by atoms with Crippen LogP contribution in [0.15, 0.2) is 24.3 Å². The number of halogens is 1. The molecule has 0 saturated heterocycles. The first kappa shape index (κ1) is 14.5. The first-order chi connectivity index (χ1) is 9.54. The molecule has 0 bridgehead atoms. The zero-order valence-electron chi connectivity index (χ0n) is 11.1. The van der Waals surface area contributed by atoms with Gasteiger partial charge in [-0.05, 0) is 43.4 Å². The normalized spacial score (nSPS) is 22.2. The molecule has 0 aromatic heterocycles. The second kappa shape index (κ2) is 6.50. The van der Waals surface area contributed by atoms with Crippen LogP contribution in [0.3, 0.4) is 0 Å². The maximum Gasteiger partial charge on any atom is 0.306 e. The van der Waals surface area contributed by atoms with Crippen molar-refractivity contribution in [1.82, 2.24) is 5.32 Å². The van der Waals surface area contributed by atoms with E-state index in [4.69, 9.17) is 5.11 Å². The van der Waals surface area contributed by atoms with Gasteiger partial charge in [-0.15, -0.1) is 0 Å². The minimum absolute atomic E-state index is 0.0339. The predicted octanol–water partition coefficient (Wildman–Crippen LogP) is 2.13. The fraction of sp³-hybridized carbons (Fsp3) is 0.467. The van der Waals surface area contributed by atoms with Gasteiger partial charge in [0.05, 0.1) is 12.3 Å². The Kier molecular flexibility index (Phi) is 4.71. The Hall–Kier alpha value is -1.91. The summed E-state index contributed by atoms with van der Waals surface area (Å²) in [7, 11) is 0. The number of carbonyl (C=O) groups excluding carboxylic acids is 1. The Morgan fingerprint density at radius 3 is 2.55 bits per heavy atom. The van der Waals surface area contributed by atoms with Gasteiger partial charge < -0.3 is 10.4 Å². The summed E-state index contributed by atoms with van der Waals surface area (Å²) in [5.41, 5.74) is 0.640. The number of carboxylic acid groups (broad SMARTS) is 1. The number of hydrogen-bond acceptors (Lipinski definition) is 2. The molecule has 0 atom stereocenters. The maximum absolute atomic E-state index is 13.0. The minimum atomic E-state index is -0.755. The Morgan fingerprint density at radius 2 is 1.95 bits per heavy atom. The molecule has 1 fully saturated rings. The van der Waals surface area contributed by atoms with Gasteiger partial charge in [0.25, 0.3) is 0 Å². The highest BCUT2D eigenvalue weighted by Crippen LogP contribution is 2.24. The Bertz CT molecular complexity index is 496. The van der Waals surface area contributed by atoms with Crippen LogP contribution in [0.5, 0.6) is 0 Å². The molecule has 5 heteroatoms. The summed E-state index contributed by atoms with van der Waals surface area (Å²) in [5.74, 6) is -1.53. The van der Waals surface area contributed by atoms with Gasteiger partial charge in [-0.1, -0.05) is 12.1 Å². The molecule has 1 amide bonds. The number of nitrogens with one attached hydrogen (secondary N) is 1. The van der Waals surface area contributed by atoms with E-state index < -0.39 is 5.97 Å². The molecule has 0 radical (unpaired) electrons. The third-order valence-corrected chi connectivity index (χ3v) is 3.70. The fourth-order valence-corrected chi connectivity index (χ4v) is 2.60. The van der Waals surface area contributed by atoms with E-state index in [9.17, 15) is 14.0 Å². The van der Waals surface area contributed by atoms with E-state index in [0.29, 0.717) is 31.2 Å². The number of rotatable bonds is 4. The van der Waals surface area contributed by atoms with E-state index >= 15 is 0 Å². The summed E-state index contributed by atoms with van der Waals surface area (Å²) in [6.45, 7) is 0. The van der Waals surface area contributed by atoms with Gasteiger partial charge in [-0.2, -0.15) is 0 Å². The molecule has 2 rings (SSSR count). The van der Waals surface area contributed by atoms with Crippen LogP contribution in [0, 0.1) is 11.7 Å². The molecule has 1 aliphatic carbocycles. The minimum Gasteiger partial charge on any atom is -0.481 e. The summed E-state index contributed by atoms with van der Waals surface area (Å²) < 4.78 is 13.0. The fourth-order valence-electron chi connectivity index (χ4n) is 2.60. The molecular weight excluding hydrogens is 261 g/mol. The third kappa shape index (κ3) is 4.05. The van der Waals surface area contributed by atoms with Crippen molar-refractivity contribution in [1.29, 1.82) is 0 Å². The number of hydrogen-bond donors (Lipinski definition) is 2. The average Bonchev–Trinajstić information content (AvgIpc) is 2.39. The SMILES string of the molecule is O=C(Cc1cccc(F)c1)NC1CCC(C(=O)O)CC1. The second-order valence-corrected chi connectivity index (χ2v) is 5.26. The van der Waals surface area contributed by atoms with Gasteiger partial charge in [-0.25, -0.2) is 4.39 Å². The molecule has 1 saturated carbocycles. The molecular formula is C15H18FNO3. The van der Waals surface area contributed by atoms with Gasteiger partial charge in [0.2, 0.25) is 5.91 Å². The quantitative estimate of drug-likeness (QED) is 0.887. The molecule has 0 unspecified atom stereocenters. The lowest BCUT2D eigenvalue weighted by molar-refractivity contribution is -0.142. The standard InChI is InChI=1S/C15H18FNO3/c16-12-3-1-2-10(8-12)9-14(18)17-13-6-4-11(5-7-13)15(19)20/h1-3,8,11,13H,4-7,9H2,(H,17,18)(H,19,20). The van der Waals surface area contributed by atoms with E-state index in [1.54, 1.807) is 12.1 Å². The van der Waals surface area contributed by atoms with Crippen LogP contribution in [-0.2, 0) is 16.0 Å². The monoisotopic (exact) mass is 279 g/mol. The highest BCUT2D eigenvalue weighted by atomic mass is 19.1. The molecule has 0 heterocycles. The lowest BCUT2D eigenvalue weighted by Crippen LogP contribution is -2.39. The summed E-state index contributed by atoms with van der Waals surface area (Å²) >= 11 is 0. The topological polar surface area (TPSA) is 66.4 Å². The highest BCUT2D eigenvalue weighted by Gasteiger charge is 2.26. The molecule has 0 spiro atoms. The first-order valence-electron chi connectivity index (χ1n) is 6.81. The van der Waals surface area contributed by atoms with Crippen LogP contribution in [-0.4, -0.2) is 23.0 Å². The van der Waals surface area contributed by atoms with Crippen molar-refractivity contribution >= 4 is 11.9 Å². The zero-order chi connectivity index (χ0) is 14.5. The van der Waals surface area contributed by atoms with Gasteiger partial charge >= 0.3 is 5.97 Å².